The number of rotatable bonds is 7. The van der Waals surface area contributed by atoms with Gasteiger partial charge in [0.25, 0.3) is 0 Å². The van der Waals surface area contributed by atoms with Gasteiger partial charge in [-0.15, -0.1) is 11.3 Å². The van der Waals surface area contributed by atoms with Crippen LogP contribution in [-0.2, 0) is 16.0 Å². The van der Waals surface area contributed by atoms with Gasteiger partial charge < -0.3 is 15.0 Å². The SMILES string of the molecule is CCN1C(=O)CC[C@@H](C(=O)NCCc2nccs2)[C@@H]1c1ccc(OC)cc1. The fourth-order valence-corrected chi connectivity index (χ4v) is 4.23. The largest absolute Gasteiger partial charge is 0.497 e. The first-order valence-corrected chi connectivity index (χ1v) is 10.1. The van der Waals surface area contributed by atoms with Crippen molar-refractivity contribution in [3.8, 4) is 5.75 Å². The standard InChI is InChI=1S/C20H25N3O3S/c1-3-23-18(24)9-8-16(19(23)14-4-6-15(26-2)7-5-14)20(25)22-11-10-17-21-12-13-27-17/h4-7,12-13,16,19H,3,8-11H2,1-2H3,(H,22,25)/t16-,19+/m1/s1. The molecule has 0 bridgehead atoms. The minimum Gasteiger partial charge on any atom is -0.497 e. The summed E-state index contributed by atoms with van der Waals surface area (Å²) in [6, 6.07) is 7.39. The quantitative estimate of drug-likeness (QED) is 0.793. The summed E-state index contributed by atoms with van der Waals surface area (Å²) < 4.78 is 5.23. The molecule has 144 valence electrons. The van der Waals surface area contributed by atoms with E-state index >= 15 is 0 Å². The molecule has 0 radical (unpaired) electrons. The van der Waals surface area contributed by atoms with E-state index in [1.165, 1.54) is 0 Å². The van der Waals surface area contributed by atoms with Crippen LogP contribution in [0.15, 0.2) is 35.8 Å². The van der Waals surface area contributed by atoms with Crippen molar-refractivity contribution in [1.82, 2.24) is 15.2 Å². The molecule has 0 unspecified atom stereocenters. The Morgan fingerprint density at radius 1 is 1.37 bits per heavy atom. The number of likely N-dealkylation sites (tertiary alicyclic amines) is 1. The average Bonchev–Trinajstić information content (AvgIpc) is 3.21. The molecule has 1 aromatic heterocycles. The zero-order valence-corrected chi connectivity index (χ0v) is 16.5. The van der Waals surface area contributed by atoms with Crippen LogP contribution in [0.4, 0.5) is 0 Å². The van der Waals surface area contributed by atoms with Crippen molar-refractivity contribution in [3.63, 3.8) is 0 Å². The molecule has 2 amide bonds. The predicted molar refractivity (Wildman–Crippen MR) is 105 cm³/mol. The number of benzene rings is 1. The number of aromatic nitrogens is 1. The first-order valence-electron chi connectivity index (χ1n) is 9.23. The molecule has 1 fully saturated rings. The van der Waals surface area contributed by atoms with E-state index in [4.69, 9.17) is 4.74 Å². The van der Waals surface area contributed by atoms with Gasteiger partial charge in [0, 0.05) is 37.5 Å². The van der Waals surface area contributed by atoms with Gasteiger partial charge in [0.1, 0.15) is 5.75 Å². The Labute approximate surface area is 163 Å². The Bertz CT molecular complexity index is 761. The van der Waals surface area contributed by atoms with Crippen molar-refractivity contribution in [2.45, 2.75) is 32.2 Å². The van der Waals surface area contributed by atoms with Crippen LogP contribution in [0.2, 0.25) is 0 Å². The molecule has 0 saturated carbocycles. The van der Waals surface area contributed by atoms with Crippen LogP contribution in [0, 0.1) is 5.92 Å². The number of piperidine rings is 1. The molecule has 2 aromatic rings. The lowest BCUT2D eigenvalue weighted by Gasteiger charge is -2.40. The van der Waals surface area contributed by atoms with Crippen molar-refractivity contribution < 1.29 is 14.3 Å². The van der Waals surface area contributed by atoms with Gasteiger partial charge >= 0.3 is 0 Å². The van der Waals surface area contributed by atoms with Gasteiger partial charge in [0.05, 0.1) is 24.1 Å². The maximum atomic E-state index is 12.9. The fourth-order valence-electron chi connectivity index (χ4n) is 3.61. The summed E-state index contributed by atoms with van der Waals surface area (Å²) in [7, 11) is 1.62. The van der Waals surface area contributed by atoms with E-state index in [1.807, 2.05) is 41.5 Å². The number of ether oxygens (including phenoxy) is 1. The van der Waals surface area contributed by atoms with Crippen molar-refractivity contribution in [2.24, 2.45) is 5.92 Å². The van der Waals surface area contributed by atoms with Crippen LogP contribution >= 0.6 is 11.3 Å². The van der Waals surface area contributed by atoms with Crippen molar-refractivity contribution in [3.05, 3.63) is 46.4 Å². The highest BCUT2D eigenvalue weighted by Crippen LogP contribution is 2.37. The molecule has 6 nitrogen and oxygen atoms in total. The minimum absolute atomic E-state index is 0.00155. The van der Waals surface area contributed by atoms with E-state index in [1.54, 1.807) is 24.6 Å². The monoisotopic (exact) mass is 387 g/mol. The van der Waals surface area contributed by atoms with Crippen molar-refractivity contribution >= 4 is 23.2 Å². The molecule has 2 heterocycles. The lowest BCUT2D eigenvalue weighted by atomic mass is 9.83. The van der Waals surface area contributed by atoms with Crippen molar-refractivity contribution in [1.29, 1.82) is 0 Å². The third-order valence-corrected chi connectivity index (χ3v) is 5.80. The van der Waals surface area contributed by atoms with E-state index in [0.717, 1.165) is 22.7 Å². The van der Waals surface area contributed by atoms with Gasteiger partial charge in [-0.3, -0.25) is 9.59 Å². The van der Waals surface area contributed by atoms with Crippen LogP contribution < -0.4 is 10.1 Å². The maximum Gasteiger partial charge on any atom is 0.225 e. The summed E-state index contributed by atoms with van der Waals surface area (Å²) in [6.07, 6.45) is 3.47. The number of carbonyl (C=O) groups excluding carboxylic acids is 2. The number of methoxy groups -OCH3 is 1. The third-order valence-electron chi connectivity index (χ3n) is 4.96. The number of thiazole rings is 1. The van der Waals surface area contributed by atoms with E-state index in [2.05, 4.69) is 10.3 Å². The zero-order chi connectivity index (χ0) is 19.2. The van der Waals surface area contributed by atoms with E-state index in [0.29, 0.717) is 25.9 Å². The second-order valence-corrected chi connectivity index (χ2v) is 7.49. The average molecular weight is 388 g/mol. The van der Waals surface area contributed by atoms with Gasteiger partial charge in [-0.2, -0.15) is 0 Å². The van der Waals surface area contributed by atoms with Gasteiger partial charge in [0.15, 0.2) is 0 Å². The van der Waals surface area contributed by atoms with Gasteiger partial charge in [-0.05, 0) is 31.0 Å². The Kier molecular flexibility index (Phi) is 6.45. The minimum atomic E-state index is -0.257. The fraction of sp³-hybridized carbons (Fsp3) is 0.450. The van der Waals surface area contributed by atoms with Crippen molar-refractivity contribution in [2.75, 3.05) is 20.2 Å². The normalized spacial score (nSPS) is 19.8. The number of nitrogens with zero attached hydrogens (tertiary/aromatic N) is 2. The molecule has 1 aliphatic heterocycles. The van der Waals surface area contributed by atoms with Crippen LogP contribution in [0.5, 0.6) is 5.75 Å². The van der Waals surface area contributed by atoms with Gasteiger partial charge in [0.2, 0.25) is 11.8 Å². The molecule has 1 aliphatic rings. The first-order chi connectivity index (χ1) is 13.1. The Hall–Kier alpha value is -2.41. The van der Waals surface area contributed by atoms with Crippen LogP contribution in [0.1, 0.15) is 36.4 Å². The number of carbonyl (C=O) groups is 2. The molecule has 0 spiro atoms. The summed E-state index contributed by atoms with van der Waals surface area (Å²) in [6.45, 7) is 3.09. The number of amides is 2. The molecule has 2 atom stereocenters. The molecular weight excluding hydrogens is 362 g/mol. The summed E-state index contributed by atoms with van der Waals surface area (Å²) in [5, 5.41) is 5.98. The Morgan fingerprint density at radius 3 is 2.78 bits per heavy atom. The van der Waals surface area contributed by atoms with E-state index in [-0.39, 0.29) is 23.8 Å². The Balaban J connectivity index is 1.75. The smallest absolute Gasteiger partial charge is 0.225 e. The summed E-state index contributed by atoms with van der Waals surface area (Å²) in [5.74, 6) is 0.601. The molecule has 1 aromatic carbocycles. The van der Waals surface area contributed by atoms with Crippen LogP contribution in [0.3, 0.4) is 0 Å². The maximum absolute atomic E-state index is 12.9. The molecule has 0 aliphatic carbocycles. The molecule has 27 heavy (non-hydrogen) atoms. The molecular formula is C20H25N3O3S. The first kappa shape index (κ1) is 19.4. The zero-order valence-electron chi connectivity index (χ0n) is 15.7. The molecule has 7 heteroatoms. The highest BCUT2D eigenvalue weighted by molar-refractivity contribution is 7.09. The molecule has 1 N–H and O–H groups in total. The topological polar surface area (TPSA) is 71.5 Å². The van der Waals surface area contributed by atoms with Crippen LogP contribution in [0.25, 0.3) is 0 Å². The molecule has 3 rings (SSSR count). The highest BCUT2D eigenvalue weighted by Gasteiger charge is 2.39. The highest BCUT2D eigenvalue weighted by atomic mass is 32.1. The second-order valence-electron chi connectivity index (χ2n) is 6.51. The number of hydrogen-bond acceptors (Lipinski definition) is 5. The summed E-state index contributed by atoms with van der Waals surface area (Å²) >= 11 is 1.59. The number of nitrogens with one attached hydrogen (secondary N) is 1. The predicted octanol–water partition coefficient (Wildman–Crippen LogP) is 2.81. The molecule has 1 saturated heterocycles. The van der Waals surface area contributed by atoms with Gasteiger partial charge in [-0.1, -0.05) is 12.1 Å². The summed E-state index contributed by atoms with van der Waals surface area (Å²) in [4.78, 5) is 31.4. The summed E-state index contributed by atoms with van der Waals surface area (Å²) in [5.41, 5.74) is 0.964. The Morgan fingerprint density at radius 2 is 2.15 bits per heavy atom. The second kappa shape index (κ2) is 8.99. The van der Waals surface area contributed by atoms with E-state index in [9.17, 15) is 9.59 Å². The third kappa shape index (κ3) is 4.47. The van der Waals surface area contributed by atoms with Crippen LogP contribution in [-0.4, -0.2) is 41.9 Å². The van der Waals surface area contributed by atoms with Gasteiger partial charge in [-0.25, -0.2) is 4.98 Å². The van der Waals surface area contributed by atoms with E-state index < -0.39 is 0 Å². The lowest BCUT2D eigenvalue weighted by molar-refractivity contribution is -0.143. The lowest BCUT2D eigenvalue weighted by Crippen LogP contribution is -2.48. The number of hydrogen-bond donors (Lipinski definition) is 1.